The fourth-order valence-corrected chi connectivity index (χ4v) is 2.29. The topological polar surface area (TPSA) is 72.9 Å². The van der Waals surface area contributed by atoms with Crippen LogP contribution in [0.4, 0.5) is 0 Å². The van der Waals surface area contributed by atoms with Crippen LogP contribution in [0.1, 0.15) is 21.9 Å². The number of benzene rings is 1. The SMILES string of the molecule is Cc1nc2cc(C(=O)O)ccc2n1Cc1ccn(C)n1. The Morgan fingerprint density at radius 3 is 2.80 bits per heavy atom. The van der Waals surface area contributed by atoms with Crippen LogP contribution >= 0.6 is 0 Å². The van der Waals surface area contributed by atoms with E-state index in [9.17, 15) is 4.79 Å². The highest BCUT2D eigenvalue weighted by Crippen LogP contribution is 2.19. The Morgan fingerprint density at radius 2 is 2.15 bits per heavy atom. The third kappa shape index (κ3) is 2.05. The van der Waals surface area contributed by atoms with Crippen LogP contribution < -0.4 is 0 Å². The maximum Gasteiger partial charge on any atom is 0.335 e. The molecule has 0 aliphatic carbocycles. The van der Waals surface area contributed by atoms with Crippen molar-refractivity contribution in [1.29, 1.82) is 0 Å². The van der Waals surface area contributed by atoms with E-state index >= 15 is 0 Å². The van der Waals surface area contributed by atoms with Crippen LogP contribution in [0.15, 0.2) is 30.5 Å². The molecule has 0 saturated carbocycles. The van der Waals surface area contributed by atoms with Crippen LogP contribution in [-0.2, 0) is 13.6 Å². The molecule has 3 aromatic rings. The van der Waals surface area contributed by atoms with E-state index in [0.717, 1.165) is 17.0 Å². The number of aromatic nitrogens is 4. The summed E-state index contributed by atoms with van der Waals surface area (Å²) < 4.78 is 3.79. The van der Waals surface area contributed by atoms with Gasteiger partial charge >= 0.3 is 5.97 Å². The Bertz CT molecular complexity index is 801. The minimum absolute atomic E-state index is 0.250. The van der Waals surface area contributed by atoms with Crippen LogP contribution in [0.5, 0.6) is 0 Å². The van der Waals surface area contributed by atoms with E-state index in [1.165, 1.54) is 0 Å². The predicted octanol–water partition coefficient (Wildman–Crippen LogP) is 1.82. The first kappa shape index (κ1) is 12.4. The number of carboxylic acids is 1. The Labute approximate surface area is 115 Å². The number of fused-ring (bicyclic) bond motifs is 1. The third-order valence-corrected chi connectivity index (χ3v) is 3.27. The van der Waals surface area contributed by atoms with E-state index in [1.807, 2.05) is 30.8 Å². The van der Waals surface area contributed by atoms with Crippen LogP contribution in [0.2, 0.25) is 0 Å². The third-order valence-electron chi connectivity index (χ3n) is 3.27. The van der Waals surface area contributed by atoms with Crippen LogP contribution in [0, 0.1) is 6.92 Å². The quantitative estimate of drug-likeness (QED) is 0.788. The Kier molecular flexibility index (Phi) is 2.78. The van der Waals surface area contributed by atoms with Crippen molar-refractivity contribution in [3.05, 3.63) is 47.5 Å². The normalized spacial score (nSPS) is 11.1. The molecule has 0 radical (unpaired) electrons. The summed E-state index contributed by atoms with van der Waals surface area (Å²) in [6.07, 6.45) is 1.90. The molecule has 102 valence electrons. The zero-order chi connectivity index (χ0) is 14.3. The average Bonchev–Trinajstić information content (AvgIpc) is 2.94. The number of aromatic carboxylic acids is 1. The second kappa shape index (κ2) is 4.48. The van der Waals surface area contributed by atoms with E-state index < -0.39 is 5.97 Å². The van der Waals surface area contributed by atoms with Gasteiger partial charge in [-0.25, -0.2) is 9.78 Å². The summed E-state index contributed by atoms with van der Waals surface area (Å²) in [6, 6.07) is 6.94. The number of hydrogen-bond acceptors (Lipinski definition) is 3. The maximum absolute atomic E-state index is 11.0. The van der Waals surface area contributed by atoms with Gasteiger partial charge in [0.05, 0.1) is 28.8 Å². The Balaban J connectivity index is 2.06. The molecule has 2 heterocycles. The molecule has 0 saturated heterocycles. The van der Waals surface area contributed by atoms with Crippen molar-refractivity contribution >= 4 is 17.0 Å². The van der Waals surface area contributed by atoms with E-state index in [-0.39, 0.29) is 5.56 Å². The summed E-state index contributed by atoms with van der Waals surface area (Å²) in [4.78, 5) is 15.4. The second-order valence-electron chi connectivity index (χ2n) is 4.73. The van der Waals surface area contributed by atoms with Gasteiger partial charge in [0.1, 0.15) is 5.82 Å². The largest absolute Gasteiger partial charge is 0.478 e. The van der Waals surface area contributed by atoms with Gasteiger partial charge in [-0.05, 0) is 31.2 Å². The highest BCUT2D eigenvalue weighted by Gasteiger charge is 2.11. The molecule has 0 aliphatic rings. The van der Waals surface area contributed by atoms with Crippen molar-refractivity contribution in [2.75, 3.05) is 0 Å². The fraction of sp³-hybridized carbons (Fsp3) is 0.214. The van der Waals surface area contributed by atoms with Crippen LogP contribution in [0.3, 0.4) is 0 Å². The molecule has 0 spiro atoms. The molecule has 0 aliphatic heterocycles. The summed E-state index contributed by atoms with van der Waals surface area (Å²) in [7, 11) is 1.88. The summed E-state index contributed by atoms with van der Waals surface area (Å²) in [5.74, 6) is -0.1000. The lowest BCUT2D eigenvalue weighted by Gasteiger charge is -2.04. The number of imidazole rings is 1. The smallest absolute Gasteiger partial charge is 0.335 e. The van der Waals surface area contributed by atoms with Gasteiger partial charge < -0.3 is 9.67 Å². The lowest BCUT2D eigenvalue weighted by atomic mass is 10.2. The minimum atomic E-state index is -0.941. The molecule has 20 heavy (non-hydrogen) atoms. The van der Waals surface area contributed by atoms with Crippen molar-refractivity contribution in [3.63, 3.8) is 0 Å². The summed E-state index contributed by atoms with van der Waals surface area (Å²) in [5, 5.41) is 13.4. The first-order valence-electron chi connectivity index (χ1n) is 6.23. The van der Waals surface area contributed by atoms with Gasteiger partial charge in [0.2, 0.25) is 0 Å². The Morgan fingerprint density at radius 1 is 1.35 bits per heavy atom. The predicted molar refractivity (Wildman–Crippen MR) is 73.7 cm³/mol. The van der Waals surface area contributed by atoms with Gasteiger partial charge in [-0.3, -0.25) is 4.68 Å². The molecular weight excluding hydrogens is 256 g/mol. The van der Waals surface area contributed by atoms with Crippen molar-refractivity contribution < 1.29 is 9.90 Å². The molecular formula is C14H14N4O2. The first-order chi connectivity index (χ1) is 9.54. The van der Waals surface area contributed by atoms with E-state index in [0.29, 0.717) is 12.1 Å². The second-order valence-corrected chi connectivity index (χ2v) is 4.73. The number of rotatable bonds is 3. The first-order valence-corrected chi connectivity index (χ1v) is 6.23. The van der Waals surface area contributed by atoms with Crippen molar-refractivity contribution in [3.8, 4) is 0 Å². The molecule has 0 amide bonds. The molecule has 1 N–H and O–H groups in total. The molecule has 2 aromatic heterocycles. The molecule has 0 atom stereocenters. The number of carboxylic acid groups (broad SMARTS) is 1. The van der Waals surface area contributed by atoms with E-state index in [4.69, 9.17) is 5.11 Å². The van der Waals surface area contributed by atoms with Gasteiger partial charge in [0, 0.05) is 13.2 Å². The van der Waals surface area contributed by atoms with Gasteiger partial charge in [-0.2, -0.15) is 5.10 Å². The van der Waals surface area contributed by atoms with Crippen molar-refractivity contribution in [1.82, 2.24) is 19.3 Å². The summed E-state index contributed by atoms with van der Waals surface area (Å²) in [5.41, 5.74) is 2.80. The van der Waals surface area contributed by atoms with Gasteiger partial charge in [0.25, 0.3) is 0 Å². The Hall–Kier alpha value is -2.63. The molecule has 0 bridgehead atoms. The van der Waals surface area contributed by atoms with Gasteiger partial charge in [-0.15, -0.1) is 0 Å². The molecule has 3 rings (SSSR count). The van der Waals surface area contributed by atoms with E-state index in [1.54, 1.807) is 22.9 Å². The number of aryl methyl sites for hydroxylation is 2. The lowest BCUT2D eigenvalue weighted by molar-refractivity contribution is 0.0697. The minimum Gasteiger partial charge on any atom is -0.478 e. The standard InChI is InChI=1S/C14H14N4O2/c1-9-15-12-7-10(14(19)20)3-4-13(12)18(9)8-11-5-6-17(2)16-11/h3-7H,8H2,1-2H3,(H,19,20). The molecule has 0 unspecified atom stereocenters. The molecule has 6 nitrogen and oxygen atoms in total. The van der Waals surface area contributed by atoms with E-state index in [2.05, 4.69) is 10.1 Å². The summed E-state index contributed by atoms with van der Waals surface area (Å²) >= 11 is 0. The number of hydrogen-bond donors (Lipinski definition) is 1. The molecule has 6 heteroatoms. The average molecular weight is 270 g/mol. The van der Waals surface area contributed by atoms with Crippen molar-refractivity contribution in [2.45, 2.75) is 13.5 Å². The monoisotopic (exact) mass is 270 g/mol. The lowest BCUT2D eigenvalue weighted by Crippen LogP contribution is -2.03. The zero-order valence-electron chi connectivity index (χ0n) is 11.2. The number of carbonyl (C=O) groups is 1. The highest BCUT2D eigenvalue weighted by atomic mass is 16.4. The maximum atomic E-state index is 11.0. The van der Waals surface area contributed by atoms with Gasteiger partial charge in [-0.1, -0.05) is 0 Å². The van der Waals surface area contributed by atoms with Crippen LogP contribution in [-0.4, -0.2) is 30.4 Å². The molecule has 1 aromatic carbocycles. The van der Waals surface area contributed by atoms with Crippen LogP contribution in [0.25, 0.3) is 11.0 Å². The summed E-state index contributed by atoms with van der Waals surface area (Å²) in [6.45, 7) is 2.53. The number of nitrogens with zero attached hydrogens (tertiary/aromatic N) is 4. The zero-order valence-corrected chi connectivity index (χ0v) is 11.2. The highest BCUT2D eigenvalue weighted by molar-refractivity contribution is 5.92. The molecule has 0 fully saturated rings. The fourth-order valence-electron chi connectivity index (χ4n) is 2.29. The van der Waals surface area contributed by atoms with Gasteiger partial charge in [0.15, 0.2) is 0 Å². The van der Waals surface area contributed by atoms with Crippen molar-refractivity contribution in [2.24, 2.45) is 7.05 Å².